The molecule has 0 saturated carbocycles. The molecule has 1 amide bonds. The highest BCUT2D eigenvalue weighted by molar-refractivity contribution is 7.13. The molecular formula is C24H23N3O4S. The molecule has 4 rings (SSSR count). The van der Waals surface area contributed by atoms with Crippen molar-refractivity contribution in [3.05, 3.63) is 78.0 Å². The van der Waals surface area contributed by atoms with Crippen LogP contribution in [0.2, 0.25) is 0 Å². The third-order valence-electron chi connectivity index (χ3n) is 4.77. The summed E-state index contributed by atoms with van der Waals surface area (Å²) in [5, 5.41) is 10.1. The van der Waals surface area contributed by atoms with E-state index in [0.29, 0.717) is 30.7 Å². The Hall–Kier alpha value is -3.49. The van der Waals surface area contributed by atoms with Crippen molar-refractivity contribution in [3.8, 4) is 27.6 Å². The fraction of sp³-hybridized carbons (Fsp3) is 0.208. The first kappa shape index (κ1) is 21.7. The molecule has 7 nitrogen and oxygen atoms in total. The van der Waals surface area contributed by atoms with E-state index in [2.05, 4.69) is 10.2 Å². The maximum absolute atomic E-state index is 13.0. The standard InChI is InChI=1S/C24H23N3O4S/c1-29-14-13-27(16-22-25-26-24(31-22)21-12-7-15-32-21)23(28)17-30-20-11-6-5-10-19(20)18-8-3-2-4-9-18/h2-12,15H,13-14,16-17H2,1H3. The lowest BCUT2D eigenvalue weighted by molar-refractivity contribution is -0.135. The van der Waals surface area contributed by atoms with E-state index in [0.717, 1.165) is 16.0 Å². The van der Waals surface area contributed by atoms with Crippen molar-refractivity contribution in [1.82, 2.24) is 15.1 Å². The van der Waals surface area contributed by atoms with Crippen LogP contribution in [0.5, 0.6) is 5.75 Å². The average Bonchev–Trinajstić information content (AvgIpc) is 3.53. The fourth-order valence-electron chi connectivity index (χ4n) is 3.15. The molecule has 32 heavy (non-hydrogen) atoms. The van der Waals surface area contributed by atoms with Gasteiger partial charge in [-0.05, 0) is 23.1 Å². The lowest BCUT2D eigenvalue weighted by Gasteiger charge is -2.21. The van der Waals surface area contributed by atoms with E-state index in [9.17, 15) is 4.79 Å². The molecule has 0 atom stereocenters. The summed E-state index contributed by atoms with van der Waals surface area (Å²) in [7, 11) is 1.59. The molecule has 164 valence electrons. The van der Waals surface area contributed by atoms with Gasteiger partial charge >= 0.3 is 0 Å². The largest absolute Gasteiger partial charge is 0.483 e. The molecule has 0 bridgehead atoms. The number of benzene rings is 2. The molecule has 2 heterocycles. The number of ether oxygens (including phenoxy) is 2. The summed E-state index contributed by atoms with van der Waals surface area (Å²) in [6, 6.07) is 21.4. The van der Waals surface area contributed by atoms with E-state index < -0.39 is 0 Å². The van der Waals surface area contributed by atoms with Gasteiger partial charge in [-0.3, -0.25) is 4.79 Å². The molecule has 0 aliphatic heterocycles. The van der Waals surface area contributed by atoms with E-state index in [1.165, 1.54) is 11.3 Å². The van der Waals surface area contributed by atoms with Crippen LogP contribution in [-0.4, -0.2) is 47.9 Å². The molecular weight excluding hydrogens is 426 g/mol. The molecule has 0 aliphatic carbocycles. The maximum atomic E-state index is 13.0. The smallest absolute Gasteiger partial charge is 0.261 e. The van der Waals surface area contributed by atoms with Crippen LogP contribution in [-0.2, 0) is 16.1 Å². The zero-order valence-corrected chi connectivity index (χ0v) is 18.5. The summed E-state index contributed by atoms with van der Waals surface area (Å²) in [6.45, 7) is 0.845. The summed E-state index contributed by atoms with van der Waals surface area (Å²) in [5.41, 5.74) is 1.96. The molecule has 2 aromatic heterocycles. The van der Waals surface area contributed by atoms with Gasteiger partial charge in [0, 0.05) is 19.2 Å². The first-order chi connectivity index (χ1) is 15.7. The van der Waals surface area contributed by atoms with Crippen LogP contribution in [0, 0.1) is 0 Å². The van der Waals surface area contributed by atoms with Crippen LogP contribution in [0.25, 0.3) is 21.9 Å². The Morgan fingerprint density at radius 2 is 1.84 bits per heavy atom. The number of thiophene rings is 1. The van der Waals surface area contributed by atoms with Gasteiger partial charge in [0.2, 0.25) is 5.89 Å². The summed E-state index contributed by atoms with van der Waals surface area (Å²) in [4.78, 5) is 15.5. The second-order valence-corrected chi connectivity index (χ2v) is 7.88. The molecule has 4 aromatic rings. The van der Waals surface area contributed by atoms with Crippen molar-refractivity contribution in [1.29, 1.82) is 0 Å². The lowest BCUT2D eigenvalue weighted by Crippen LogP contribution is -2.37. The monoisotopic (exact) mass is 449 g/mol. The van der Waals surface area contributed by atoms with Crippen molar-refractivity contribution in [3.63, 3.8) is 0 Å². The second-order valence-electron chi connectivity index (χ2n) is 6.94. The zero-order chi connectivity index (χ0) is 22.2. The number of aromatic nitrogens is 2. The van der Waals surface area contributed by atoms with Crippen LogP contribution in [0.4, 0.5) is 0 Å². The Labute approximate surface area is 190 Å². The molecule has 0 spiro atoms. The molecule has 0 N–H and O–H groups in total. The molecule has 0 fully saturated rings. The van der Waals surface area contributed by atoms with Crippen molar-refractivity contribution < 1.29 is 18.7 Å². The summed E-state index contributed by atoms with van der Waals surface area (Å²) in [6.07, 6.45) is 0. The Morgan fingerprint density at radius 3 is 2.62 bits per heavy atom. The van der Waals surface area contributed by atoms with Gasteiger partial charge in [-0.25, -0.2) is 0 Å². The predicted molar refractivity (Wildman–Crippen MR) is 122 cm³/mol. The molecule has 8 heteroatoms. The first-order valence-electron chi connectivity index (χ1n) is 10.1. The Kier molecular flexibility index (Phi) is 7.27. The van der Waals surface area contributed by atoms with Gasteiger partial charge < -0.3 is 18.8 Å². The number of hydrogen-bond acceptors (Lipinski definition) is 7. The quantitative estimate of drug-likeness (QED) is 0.354. The highest BCUT2D eigenvalue weighted by atomic mass is 32.1. The molecule has 0 unspecified atom stereocenters. The molecule has 2 aromatic carbocycles. The van der Waals surface area contributed by atoms with Gasteiger partial charge in [0.1, 0.15) is 5.75 Å². The highest BCUT2D eigenvalue weighted by Gasteiger charge is 2.19. The lowest BCUT2D eigenvalue weighted by atomic mass is 10.1. The minimum Gasteiger partial charge on any atom is -0.483 e. The van der Waals surface area contributed by atoms with Crippen LogP contribution in [0.15, 0.2) is 76.5 Å². The van der Waals surface area contributed by atoms with Gasteiger partial charge in [0.05, 0.1) is 18.0 Å². The van der Waals surface area contributed by atoms with Gasteiger partial charge in [0.15, 0.2) is 6.61 Å². The third kappa shape index (κ3) is 5.40. The predicted octanol–water partition coefficient (Wildman–Crippen LogP) is 4.52. The number of nitrogens with zero attached hydrogens (tertiary/aromatic N) is 3. The molecule has 0 radical (unpaired) electrons. The minimum absolute atomic E-state index is 0.112. The number of amides is 1. The van der Waals surface area contributed by atoms with E-state index in [4.69, 9.17) is 13.9 Å². The van der Waals surface area contributed by atoms with Crippen LogP contribution in [0.3, 0.4) is 0 Å². The summed E-state index contributed by atoms with van der Waals surface area (Å²) in [5.74, 6) is 1.27. The minimum atomic E-state index is -0.194. The third-order valence-corrected chi connectivity index (χ3v) is 5.62. The van der Waals surface area contributed by atoms with E-state index >= 15 is 0 Å². The Morgan fingerprint density at radius 1 is 1.03 bits per heavy atom. The van der Waals surface area contributed by atoms with Crippen LogP contribution >= 0.6 is 11.3 Å². The topological polar surface area (TPSA) is 77.7 Å². The van der Waals surface area contributed by atoms with Gasteiger partial charge in [0.25, 0.3) is 11.8 Å². The SMILES string of the molecule is COCCN(Cc1nnc(-c2cccs2)o1)C(=O)COc1ccccc1-c1ccccc1. The number of hydrogen-bond donors (Lipinski definition) is 0. The number of methoxy groups -OCH3 is 1. The first-order valence-corrected chi connectivity index (χ1v) is 11.0. The number of para-hydroxylation sites is 1. The second kappa shape index (κ2) is 10.7. The zero-order valence-electron chi connectivity index (χ0n) is 17.6. The molecule has 0 saturated heterocycles. The van der Waals surface area contributed by atoms with Crippen molar-refractivity contribution in [2.75, 3.05) is 26.9 Å². The normalized spacial score (nSPS) is 10.8. The Balaban J connectivity index is 1.44. The summed E-state index contributed by atoms with van der Waals surface area (Å²) >= 11 is 1.52. The number of carbonyl (C=O) groups is 1. The van der Waals surface area contributed by atoms with E-state index in [1.807, 2.05) is 72.1 Å². The Bertz CT molecular complexity index is 1130. The van der Waals surface area contributed by atoms with Gasteiger partial charge in [-0.15, -0.1) is 21.5 Å². The van der Waals surface area contributed by atoms with Gasteiger partial charge in [-0.1, -0.05) is 54.6 Å². The van der Waals surface area contributed by atoms with Crippen molar-refractivity contribution in [2.45, 2.75) is 6.54 Å². The molecule has 0 aliphatic rings. The maximum Gasteiger partial charge on any atom is 0.261 e. The van der Waals surface area contributed by atoms with Crippen molar-refractivity contribution >= 4 is 17.2 Å². The van der Waals surface area contributed by atoms with Gasteiger partial charge in [-0.2, -0.15) is 0 Å². The van der Waals surface area contributed by atoms with Crippen LogP contribution < -0.4 is 4.74 Å². The van der Waals surface area contributed by atoms with E-state index in [1.54, 1.807) is 12.0 Å². The highest BCUT2D eigenvalue weighted by Crippen LogP contribution is 2.29. The van der Waals surface area contributed by atoms with E-state index in [-0.39, 0.29) is 19.1 Å². The van der Waals surface area contributed by atoms with Crippen molar-refractivity contribution in [2.24, 2.45) is 0 Å². The van der Waals surface area contributed by atoms with Crippen LogP contribution in [0.1, 0.15) is 5.89 Å². The fourth-order valence-corrected chi connectivity index (χ4v) is 3.80. The number of carbonyl (C=O) groups excluding carboxylic acids is 1. The average molecular weight is 450 g/mol. The summed E-state index contributed by atoms with van der Waals surface area (Å²) < 4.78 is 16.8. The number of rotatable bonds is 10.